The molecule has 1 aromatic carbocycles. The Labute approximate surface area is 236 Å². The summed E-state index contributed by atoms with van der Waals surface area (Å²) < 4.78 is 7.92. The maximum Gasteiger partial charge on any atom is 0.303 e. The molecule has 12 heteroatoms. The first-order chi connectivity index (χ1) is 19.7. The summed E-state index contributed by atoms with van der Waals surface area (Å²) >= 11 is 0. The van der Waals surface area contributed by atoms with E-state index in [0.717, 1.165) is 33.6 Å². The second-order valence-electron chi connectivity index (χ2n) is 9.92. The average Bonchev–Trinajstić information content (AvgIpc) is 3.70. The lowest BCUT2D eigenvalue weighted by molar-refractivity contribution is -0.137. The number of ether oxygens (including phenoxy) is 1. The molecule has 0 amide bonds. The van der Waals surface area contributed by atoms with E-state index in [1.807, 2.05) is 36.6 Å². The van der Waals surface area contributed by atoms with Crippen molar-refractivity contribution >= 4 is 29.7 Å². The van der Waals surface area contributed by atoms with Gasteiger partial charge in [0.1, 0.15) is 30.2 Å². The van der Waals surface area contributed by atoms with Crippen LogP contribution in [0.2, 0.25) is 0 Å². The Morgan fingerprint density at radius 3 is 2.54 bits per heavy atom. The standard InChI is InChI=1S/C28H31N7O3.CH2O2/c1-16-7-20(27(29)30)8-17(2)23(16)11-31-24-10-25(33-15-32-24)38-14-22-13-35-12-21(18-3-4-18)9-19(28(35)34-22)5-6-26(36)37;2-1-3/h7-10,12-13,15,18H,3-6,11,14H2,1-2H3,(H3,29,30)(H,36,37)(H,31,32,33);1H,(H,2,3). The van der Waals surface area contributed by atoms with Crippen molar-refractivity contribution in [2.45, 2.75) is 58.6 Å². The molecule has 3 heterocycles. The van der Waals surface area contributed by atoms with Crippen LogP contribution in [0.4, 0.5) is 5.82 Å². The predicted molar refractivity (Wildman–Crippen MR) is 152 cm³/mol. The van der Waals surface area contributed by atoms with Gasteiger partial charge in [0.2, 0.25) is 5.88 Å². The number of nitrogens with one attached hydrogen (secondary N) is 2. The molecule has 1 saturated carbocycles. The van der Waals surface area contributed by atoms with Crippen molar-refractivity contribution in [2.24, 2.45) is 5.73 Å². The van der Waals surface area contributed by atoms with Crippen LogP contribution < -0.4 is 15.8 Å². The van der Waals surface area contributed by atoms with E-state index in [1.165, 1.54) is 24.7 Å². The summed E-state index contributed by atoms with van der Waals surface area (Å²) in [6.45, 7) is 4.53. The fourth-order valence-corrected chi connectivity index (χ4v) is 4.65. The molecule has 0 atom stereocenters. The number of nitrogens with two attached hydrogens (primary N) is 1. The van der Waals surface area contributed by atoms with Crippen LogP contribution in [0.15, 0.2) is 43.0 Å². The van der Waals surface area contributed by atoms with Gasteiger partial charge in [-0.1, -0.05) is 6.07 Å². The zero-order valence-corrected chi connectivity index (χ0v) is 22.9. The largest absolute Gasteiger partial charge is 0.483 e. The normalized spacial score (nSPS) is 12.3. The van der Waals surface area contributed by atoms with E-state index in [0.29, 0.717) is 36.1 Å². The Morgan fingerprint density at radius 1 is 1.20 bits per heavy atom. The molecule has 1 aliphatic rings. The lowest BCUT2D eigenvalue weighted by atomic mass is 9.99. The molecule has 1 fully saturated rings. The van der Waals surface area contributed by atoms with Gasteiger partial charge in [-0.05, 0) is 79.0 Å². The number of hydrogen-bond donors (Lipinski definition) is 5. The highest BCUT2D eigenvalue weighted by Crippen LogP contribution is 2.40. The molecule has 12 nitrogen and oxygen atoms in total. The third-order valence-electron chi connectivity index (χ3n) is 6.82. The van der Waals surface area contributed by atoms with E-state index in [-0.39, 0.29) is 25.3 Å². The lowest BCUT2D eigenvalue weighted by Crippen LogP contribution is -2.13. The molecule has 6 N–H and O–H groups in total. The van der Waals surface area contributed by atoms with E-state index in [2.05, 4.69) is 27.5 Å². The Bertz CT molecular complexity index is 1560. The number of carboxylic acids is 1. The number of hydrogen-bond acceptors (Lipinski definition) is 8. The highest BCUT2D eigenvalue weighted by molar-refractivity contribution is 5.95. The van der Waals surface area contributed by atoms with Crippen LogP contribution in [0.1, 0.15) is 64.3 Å². The summed E-state index contributed by atoms with van der Waals surface area (Å²) in [6, 6.07) is 7.67. The molecule has 0 radical (unpaired) electrons. The number of carbonyl (C=O) groups is 2. The molecule has 0 unspecified atom stereocenters. The lowest BCUT2D eigenvalue weighted by Gasteiger charge is -2.14. The molecular weight excluding hydrogens is 526 g/mol. The van der Waals surface area contributed by atoms with E-state index < -0.39 is 5.97 Å². The molecule has 0 bridgehead atoms. The van der Waals surface area contributed by atoms with Gasteiger partial charge in [-0.2, -0.15) is 0 Å². The summed E-state index contributed by atoms with van der Waals surface area (Å²) in [5.41, 5.74) is 13.2. The van der Waals surface area contributed by atoms with Gasteiger partial charge in [0, 0.05) is 37.0 Å². The second-order valence-corrected chi connectivity index (χ2v) is 9.92. The van der Waals surface area contributed by atoms with Crippen LogP contribution >= 0.6 is 0 Å². The van der Waals surface area contributed by atoms with Crippen molar-refractivity contribution in [1.82, 2.24) is 19.4 Å². The van der Waals surface area contributed by atoms with E-state index >= 15 is 0 Å². The highest BCUT2D eigenvalue weighted by atomic mass is 16.5. The summed E-state index contributed by atoms with van der Waals surface area (Å²) in [5, 5.41) is 27.0. The van der Waals surface area contributed by atoms with E-state index in [9.17, 15) is 4.79 Å². The first kappa shape index (κ1) is 29.0. The minimum absolute atomic E-state index is 0.0544. The SMILES string of the molecule is Cc1cc(C(=N)N)cc(C)c1CNc1cc(OCc2cn3cc(C4CC4)cc(CCC(=O)O)c3n2)ncn1.O=CO. The van der Waals surface area contributed by atoms with Crippen molar-refractivity contribution in [1.29, 1.82) is 5.41 Å². The first-order valence-electron chi connectivity index (χ1n) is 13.1. The van der Waals surface area contributed by atoms with Gasteiger partial charge < -0.3 is 30.4 Å². The number of rotatable bonds is 11. The van der Waals surface area contributed by atoms with Gasteiger partial charge >= 0.3 is 5.97 Å². The van der Waals surface area contributed by atoms with Crippen molar-refractivity contribution < 1.29 is 24.5 Å². The molecule has 41 heavy (non-hydrogen) atoms. The number of anilines is 1. The quantitative estimate of drug-likeness (QED) is 0.103. The molecule has 0 saturated heterocycles. The number of carboxylic acid groups (broad SMARTS) is 2. The molecule has 0 spiro atoms. The number of nitrogen functional groups attached to an aromatic ring is 1. The Balaban J connectivity index is 0.00000124. The predicted octanol–water partition coefficient (Wildman–Crippen LogP) is 3.81. The van der Waals surface area contributed by atoms with Gasteiger partial charge in [0.05, 0.1) is 5.69 Å². The summed E-state index contributed by atoms with van der Waals surface area (Å²) in [6.07, 6.45) is 8.32. The average molecular weight is 560 g/mol. The molecule has 4 aromatic rings. The van der Waals surface area contributed by atoms with Gasteiger partial charge in [-0.25, -0.2) is 15.0 Å². The van der Waals surface area contributed by atoms with Crippen molar-refractivity contribution in [2.75, 3.05) is 5.32 Å². The number of benzene rings is 1. The summed E-state index contributed by atoms with van der Waals surface area (Å²) in [4.78, 5) is 32.8. The molecule has 3 aromatic heterocycles. The zero-order chi connectivity index (χ0) is 29.5. The van der Waals surface area contributed by atoms with Gasteiger partial charge in [-0.15, -0.1) is 0 Å². The van der Waals surface area contributed by atoms with Gasteiger partial charge in [0.15, 0.2) is 0 Å². The minimum Gasteiger partial charge on any atom is -0.483 e. The number of imidazole rings is 1. The summed E-state index contributed by atoms with van der Waals surface area (Å²) in [5.74, 6) is 0.839. The molecular formula is C29H33N7O5. The number of aryl methyl sites for hydroxylation is 3. The topological polar surface area (TPSA) is 189 Å². The van der Waals surface area contributed by atoms with Gasteiger partial charge in [0.25, 0.3) is 6.47 Å². The summed E-state index contributed by atoms with van der Waals surface area (Å²) in [7, 11) is 0. The van der Waals surface area contributed by atoms with Crippen molar-refractivity contribution in [3.05, 3.63) is 82.1 Å². The maximum atomic E-state index is 11.2. The molecule has 5 rings (SSSR count). The van der Waals surface area contributed by atoms with Crippen LogP contribution in [-0.2, 0) is 29.2 Å². The molecule has 1 aliphatic carbocycles. The van der Waals surface area contributed by atoms with Crippen LogP contribution in [0.25, 0.3) is 5.65 Å². The van der Waals surface area contributed by atoms with Crippen LogP contribution in [0.3, 0.4) is 0 Å². The highest BCUT2D eigenvalue weighted by Gasteiger charge is 2.25. The van der Waals surface area contributed by atoms with Crippen molar-refractivity contribution in [3.8, 4) is 5.88 Å². The van der Waals surface area contributed by atoms with Gasteiger partial charge in [-0.3, -0.25) is 15.0 Å². The Hall–Kier alpha value is -5.00. The monoisotopic (exact) mass is 559 g/mol. The van der Waals surface area contributed by atoms with Crippen LogP contribution in [0, 0.1) is 19.3 Å². The number of pyridine rings is 1. The third kappa shape index (κ3) is 7.56. The number of nitrogens with zero attached hydrogens (tertiary/aromatic N) is 4. The minimum atomic E-state index is -0.818. The second kappa shape index (κ2) is 12.9. The number of aliphatic carboxylic acids is 1. The smallest absolute Gasteiger partial charge is 0.303 e. The number of amidine groups is 1. The third-order valence-corrected chi connectivity index (χ3v) is 6.82. The molecule has 0 aliphatic heterocycles. The first-order valence-corrected chi connectivity index (χ1v) is 13.1. The number of aromatic nitrogens is 4. The maximum absolute atomic E-state index is 11.2. The fourth-order valence-electron chi connectivity index (χ4n) is 4.65. The Kier molecular flexibility index (Phi) is 9.12. The van der Waals surface area contributed by atoms with Crippen molar-refractivity contribution in [3.63, 3.8) is 0 Å². The zero-order valence-electron chi connectivity index (χ0n) is 22.9. The number of fused-ring (bicyclic) bond motifs is 1. The Morgan fingerprint density at radius 2 is 1.90 bits per heavy atom. The van der Waals surface area contributed by atoms with E-state index in [4.69, 9.17) is 35.9 Å². The van der Waals surface area contributed by atoms with Crippen LogP contribution in [0.5, 0.6) is 5.88 Å². The molecule has 214 valence electrons. The van der Waals surface area contributed by atoms with Crippen LogP contribution in [-0.4, -0.2) is 47.8 Å². The fraction of sp³-hybridized carbons (Fsp3) is 0.310. The van der Waals surface area contributed by atoms with E-state index in [1.54, 1.807) is 6.07 Å².